The second-order valence-corrected chi connectivity index (χ2v) is 2.44. The molecule has 0 spiro atoms. The second kappa shape index (κ2) is 2.46. The summed E-state index contributed by atoms with van der Waals surface area (Å²) < 4.78 is 0. The van der Waals surface area contributed by atoms with Gasteiger partial charge >= 0.3 is 0 Å². The zero-order valence-electron chi connectivity index (χ0n) is 5.57. The number of hydrogen-bond donors (Lipinski definition) is 2. The Balaban J connectivity index is 1.98. The second-order valence-electron chi connectivity index (χ2n) is 2.44. The van der Waals surface area contributed by atoms with E-state index in [0.717, 1.165) is 6.54 Å². The molecule has 2 nitrogen and oxygen atoms in total. The Hall–Kier alpha value is -0.0800. The van der Waals surface area contributed by atoms with Crippen LogP contribution in [0.1, 0.15) is 20.3 Å². The third kappa shape index (κ3) is 1.80. The Morgan fingerprint density at radius 3 is 2.88 bits per heavy atom. The van der Waals surface area contributed by atoms with Crippen LogP contribution in [-0.2, 0) is 0 Å². The minimum absolute atomic E-state index is 0.630. The van der Waals surface area contributed by atoms with Gasteiger partial charge in [0.2, 0.25) is 0 Å². The summed E-state index contributed by atoms with van der Waals surface area (Å²) in [5, 5.41) is 6.58. The molecular weight excluding hydrogens is 100 g/mol. The minimum Gasteiger partial charge on any atom is -0.298 e. The highest BCUT2D eigenvalue weighted by Gasteiger charge is 2.20. The molecule has 2 N–H and O–H groups in total. The zero-order valence-corrected chi connectivity index (χ0v) is 5.57. The summed E-state index contributed by atoms with van der Waals surface area (Å²) in [7, 11) is 0. The molecule has 1 heterocycles. The molecule has 1 aliphatic heterocycles. The van der Waals surface area contributed by atoms with Crippen LogP contribution in [0.3, 0.4) is 0 Å². The summed E-state index contributed by atoms with van der Waals surface area (Å²) >= 11 is 0. The van der Waals surface area contributed by atoms with Crippen molar-refractivity contribution in [2.75, 3.05) is 6.54 Å². The van der Waals surface area contributed by atoms with Gasteiger partial charge in [-0.25, -0.2) is 0 Å². The quantitative estimate of drug-likeness (QED) is 0.517. The van der Waals surface area contributed by atoms with Crippen LogP contribution in [0.15, 0.2) is 0 Å². The van der Waals surface area contributed by atoms with Crippen molar-refractivity contribution in [1.29, 1.82) is 0 Å². The average molecular weight is 114 g/mol. The molecule has 0 aromatic rings. The maximum atomic E-state index is 3.39. The Kier molecular flexibility index (Phi) is 1.86. The predicted octanol–water partition coefficient (Wildman–Crippen LogP) is 0.304. The average Bonchev–Trinajstić information content (AvgIpc) is 2.50. The van der Waals surface area contributed by atoms with Crippen LogP contribution in [0.5, 0.6) is 0 Å². The highest BCUT2D eigenvalue weighted by molar-refractivity contribution is 4.82. The summed E-state index contributed by atoms with van der Waals surface area (Å²) in [5.41, 5.74) is 0. The molecule has 0 aromatic heterocycles. The molecule has 48 valence electrons. The van der Waals surface area contributed by atoms with Crippen LogP contribution in [0.4, 0.5) is 0 Å². The van der Waals surface area contributed by atoms with Gasteiger partial charge in [0.1, 0.15) is 0 Å². The van der Waals surface area contributed by atoms with Gasteiger partial charge in [-0.2, -0.15) is 0 Å². The lowest BCUT2D eigenvalue weighted by molar-refractivity contribution is 0.527. The molecular formula is C6H14N2. The van der Waals surface area contributed by atoms with Gasteiger partial charge in [-0.1, -0.05) is 6.92 Å². The van der Waals surface area contributed by atoms with Crippen LogP contribution < -0.4 is 10.6 Å². The molecule has 0 saturated carbocycles. The van der Waals surface area contributed by atoms with Gasteiger partial charge in [0.25, 0.3) is 0 Å². The molecule has 8 heavy (non-hydrogen) atoms. The topological polar surface area (TPSA) is 34.0 Å². The van der Waals surface area contributed by atoms with Gasteiger partial charge < -0.3 is 0 Å². The Morgan fingerprint density at radius 1 is 1.88 bits per heavy atom. The van der Waals surface area contributed by atoms with Crippen molar-refractivity contribution in [3.05, 3.63) is 0 Å². The Morgan fingerprint density at radius 2 is 2.50 bits per heavy atom. The summed E-state index contributed by atoms with van der Waals surface area (Å²) in [4.78, 5) is 0. The normalized spacial score (nSPS) is 30.0. The maximum Gasteiger partial charge on any atom is 0.0704 e. The molecule has 1 rings (SSSR count). The van der Waals surface area contributed by atoms with Crippen LogP contribution in [0.25, 0.3) is 0 Å². The van der Waals surface area contributed by atoms with Crippen molar-refractivity contribution in [3.8, 4) is 0 Å². The lowest BCUT2D eigenvalue weighted by atomic mass is 10.3. The van der Waals surface area contributed by atoms with E-state index >= 15 is 0 Å². The first kappa shape index (κ1) is 6.05. The molecule has 2 heteroatoms. The van der Waals surface area contributed by atoms with Crippen LogP contribution in [-0.4, -0.2) is 18.8 Å². The zero-order chi connectivity index (χ0) is 5.98. The molecule has 0 radical (unpaired) electrons. The van der Waals surface area contributed by atoms with Crippen LogP contribution >= 0.6 is 0 Å². The molecule has 1 unspecified atom stereocenters. The fourth-order valence-electron chi connectivity index (χ4n) is 0.638. The first-order valence-corrected chi connectivity index (χ1v) is 3.32. The third-order valence-electron chi connectivity index (χ3n) is 1.51. The Labute approximate surface area is 50.7 Å². The van der Waals surface area contributed by atoms with Crippen molar-refractivity contribution in [3.63, 3.8) is 0 Å². The van der Waals surface area contributed by atoms with Crippen molar-refractivity contribution in [2.24, 2.45) is 0 Å². The molecule has 2 atom stereocenters. The van der Waals surface area contributed by atoms with E-state index in [4.69, 9.17) is 0 Å². The van der Waals surface area contributed by atoms with E-state index in [2.05, 4.69) is 24.5 Å². The van der Waals surface area contributed by atoms with E-state index in [1.807, 2.05) is 0 Å². The van der Waals surface area contributed by atoms with E-state index < -0.39 is 0 Å². The van der Waals surface area contributed by atoms with Crippen LogP contribution in [0.2, 0.25) is 0 Å². The van der Waals surface area contributed by atoms with Gasteiger partial charge in [0.15, 0.2) is 0 Å². The van der Waals surface area contributed by atoms with E-state index in [9.17, 15) is 0 Å². The van der Waals surface area contributed by atoms with Crippen molar-refractivity contribution >= 4 is 0 Å². The van der Waals surface area contributed by atoms with Crippen molar-refractivity contribution in [1.82, 2.24) is 10.6 Å². The predicted molar refractivity (Wildman–Crippen MR) is 34.7 cm³/mol. The molecule has 0 amide bonds. The fourth-order valence-corrected chi connectivity index (χ4v) is 0.638. The van der Waals surface area contributed by atoms with E-state index in [0.29, 0.717) is 12.2 Å². The molecule has 1 saturated heterocycles. The van der Waals surface area contributed by atoms with Gasteiger partial charge in [0, 0.05) is 12.6 Å². The summed E-state index contributed by atoms with van der Waals surface area (Å²) in [6.45, 7) is 5.56. The lowest BCUT2D eigenvalue weighted by Gasteiger charge is -2.07. The Bertz CT molecular complexity index is 68.9. The monoisotopic (exact) mass is 114 g/mol. The van der Waals surface area contributed by atoms with Crippen molar-refractivity contribution < 1.29 is 0 Å². The molecule has 0 aliphatic carbocycles. The highest BCUT2D eigenvalue weighted by Crippen LogP contribution is 1.95. The van der Waals surface area contributed by atoms with Gasteiger partial charge in [0.05, 0.1) is 6.17 Å². The molecule has 1 aliphatic rings. The smallest absolute Gasteiger partial charge is 0.0704 e. The first-order valence-electron chi connectivity index (χ1n) is 3.32. The number of hydrogen-bond acceptors (Lipinski definition) is 2. The molecule has 1 fully saturated rings. The highest BCUT2D eigenvalue weighted by atomic mass is 15.3. The van der Waals surface area contributed by atoms with E-state index in [1.54, 1.807) is 0 Å². The largest absolute Gasteiger partial charge is 0.298 e. The minimum atomic E-state index is 0.630. The van der Waals surface area contributed by atoms with Gasteiger partial charge in [-0.05, 0) is 13.3 Å². The van der Waals surface area contributed by atoms with Crippen LogP contribution in [0, 0.1) is 0 Å². The van der Waals surface area contributed by atoms with E-state index in [-0.39, 0.29) is 0 Å². The molecule has 0 aromatic carbocycles. The fraction of sp³-hybridized carbons (Fsp3) is 1.00. The first-order chi connectivity index (χ1) is 3.83. The summed E-state index contributed by atoms with van der Waals surface area (Å²) in [5.74, 6) is 0. The van der Waals surface area contributed by atoms with E-state index in [1.165, 1.54) is 6.42 Å². The summed E-state index contributed by atoms with van der Waals surface area (Å²) in [6, 6.07) is 0.676. The molecule has 0 bridgehead atoms. The SMILES string of the molecule is CC[C@@H](C)NC1CN1. The van der Waals surface area contributed by atoms with Crippen molar-refractivity contribution in [2.45, 2.75) is 32.5 Å². The number of nitrogens with one attached hydrogen (secondary N) is 2. The summed E-state index contributed by atoms with van der Waals surface area (Å²) in [6.07, 6.45) is 1.85. The standard InChI is InChI=1S/C6H14N2/c1-3-5(2)8-6-4-7-6/h5-8H,3-4H2,1-2H3/t5-,6?/m1/s1. The van der Waals surface area contributed by atoms with Gasteiger partial charge in [-0.3, -0.25) is 10.6 Å². The third-order valence-corrected chi connectivity index (χ3v) is 1.51. The maximum absolute atomic E-state index is 3.39. The number of rotatable bonds is 3. The van der Waals surface area contributed by atoms with Gasteiger partial charge in [-0.15, -0.1) is 0 Å². The lowest BCUT2D eigenvalue weighted by Crippen LogP contribution is -2.29.